The van der Waals surface area contributed by atoms with Gasteiger partial charge < -0.3 is 33.8 Å². The molecule has 2 aromatic rings. The molecule has 4 atom stereocenters. The van der Waals surface area contributed by atoms with Crippen molar-refractivity contribution in [1.29, 1.82) is 0 Å². The van der Waals surface area contributed by atoms with Crippen LogP contribution in [0.15, 0.2) is 51.9 Å². The summed E-state index contributed by atoms with van der Waals surface area (Å²) in [6, 6.07) is 7.73. The summed E-state index contributed by atoms with van der Waals surface area (Å²) in [5.74, 6) is 0.521. The van der Waals surface area contributed by atoms with E-state index in [0.29, 0.717) is 5.82 Å². The second-order valence-corrected chi connectivity index (χ2v) is 10.6. The fourth-order valence-corrected chi connectivity index (χ4v) is 5.07. The lowest BCUT2D eigenvalue weighted by Crippen LogP contribution is -2.48. The number of hydrogen-bond donors (Lipinski definition) is 5. The first-order valence-corrected chi connectivity index (χ1v) is 12.9. The van der Waals surface area contributed by atoms with Crippen LogP contribution in [0, 0.1) is 0 Å². The Bertz CT molecular complexity index is 1280. The summed E-state index contributed by atoms with van der Waals surface area (Å²) < 4.78 is 41.5. The minimum Gasteiger partial charge on any atom is -0.349 e. The van der Waals surface area contributed by atoms with Gasteiger partial charge in [-0.05, 0) is 6.08 Å². The van der Waals surface area contributed by atoms with Crippen molar-refractivity contribution in [2.45, 2.75) is 30.4 Å². The number of aromatic nitrogens is 2. The van der Waals surface area contributed by atoms with Crippen LogP contribution in [0.25, 0.3) is 6.08 Å². The third-order valence-corrected chi connectivity index (χ3v) is 7.01. The number of hydrogen-bond acceptors (Lipinski definition) is 7. The fraction of sp³-hybridized carbons (Fsp3) is 0.333. The molecule has 5 N–H and O–H groups in total. The molecule has 1 aromatic heterocycles. The Morgan fingerprint density at radius 3 is 2.42 bits per heavy atom. The normalized spacial score (nSPS) is 28.2. The zero-order chi connectivity index (χ0) is 24.0. The minimum atomic E-state index is -4.98. The fourth-order valence-electron chi connectivity index (χ4n) is 3.71. The van der Waals surface area contributed by atoms with Crippen molar-refractivity contribution < 1.29 is 42.9 Å². The molecule has 0 bridgehead atoms. The Morgan fingerprint density at radius 1 is 1.09 bits per heavy atom. The molecular weight excluding hydrogens is 482 g/mol. The van der Waals surface area contributed by atoms with Crippen LogP contribution in [0.3, 0.4) is 0 Å². The van der Waals surface area contributed by atoms with Gasteiger partial charge in [-0.1, -0.05) is 30.3 Å². The maximum absolute atomic E-state index is 12.4. The minimum absolute atomic E-state index is 0.0177. The summed E-state index contributed by atoms with van der Waals surface area (Å²) in [7, 11) is -9.53. The van der Waals surface area contributed by atoms with Gasteiger partial charge in [0.25, 0.3) is 5.56 Å². The lowest BCUT2D eigenvalue weighted by molar-refractivity contribution is -0.282. The van der Waals surface area contributed by atoms with Crippen LogP contribution in [-0.4, -0.2) is 47.9 Å². The molecule has 33 heavy (non-hydrogen) atoms. The van der Waals surface area contributed by atoms with E-state index in [1.807, 2.05) is 4.98 Å². The molecule has 2 aliphatic rings. The highest BCUT2D eigenvalue weighted by Crippen LogP contribution is 2.61. The van der Waals surface area contributed by atoms with Gasteiger partial charge in [0, 0.05) is 24.0 Å². The predicted molar refractivity (Wildman–Crippen MR) is 112 cm³/mol. The van der Waals surface area contributed by atoms with Crippen LogP contribution in [0.1, 0.15) is 23.8 Å². The van der Waals surface area contributed by atoms with Gasteiger partial charge in [0.2, 0.25) is 0 Å². The van der Waals surface area contributed by atoms with Gasteiger partial charge in [0.15, 0.2) is 0 Å². The van der Waals surface area contributed by atoms with Gasteiger partial charge >= 0.3 is 26.4 Å². The lowest BCUT2D eigenvalue weighted by Gasteiger charge is -2.41. The molecule has 1 unspecified atom stereocenters. The number of nitrogens with zero attached hydrogens (tertiary/aromatic N) is 1. The van der Waals surface area contributed by atoms with E-state index in [2.05, 4.69) is 0 Å². The van der Waals surface area contributed by atoms with Gasteiger partial charge in [0.05, 0.1) is 18.3 Å². The standard InChI is InChI=1S/C18H20N2O11P2/c21-16-11(6-7-32(23,24)25)9-20(17(22)19-16)15-8-13-14(30-15)10-29-18(31-13,33(26,27)28)12-4-2-1-3-5-12/h1-7,9,13-15H,8,10H2,(H,19,21,22)(H2,23,24,25)(H2,26,27,28)/b7-6+/t13-,14+,15+,18?/m0/s1. The van der Waals surface area contributed by atoms with Crippen molar-refractivity contribution in [3.8, 4) is 0 Å². The number of H-pyrrole nitrogens is 1. The van der Waals surface area contributed by atoms with Crippen molar-refractivity contribution >= 4 is 21.3 Å². The predicted octanol–water partition coefficient (Wildman–Crippen LogP) is 0.376. The first kappa shape index (κ1) is 24.0. The van der Waals surface area contributed by atoms with E-state index in [4.69, 9.17) is 24.0 Å². The quantitative estimate of drug-likeness (QED) is 0.354. The molecule has 0 spiro atoms. The molecule has 1 aromatic carbocycles. The number of fused-ring (bicyclic) bond motifs is 1. The van der Waals surface area contributed by atoms with Crippen LogP contribution in [-0.2, 0) is 28.9 Å². The van der Waals surface area contributed by atoms with E-state index in [1.165, 1.54) is 12.1 Å². The SMILES string of the molecule is O=c1[nH]c(=O)n([C@H]2C[C@@H]3OC(c4ccccc4)(P(=O)(O)O)OC[C@H]3O2)cc1/C=C/P(=O)(O)O. The summed E-state index contributed by atoms with van der Waals surface area (Å²) in [4.78, 5) is 64.4. The molecule has 4 rings (SSSR count). The Morgan fingerprint density at radius 2 is 1.79 bits per heavy atom. The monoisotopic (exact) mass is 502 g/mol. The van der Waals surface area contributed by atoms with Gasteiger partial charge in [-0.15, -0.1) is 0 Å². The van der Waals surface area contributed by atoms with Crippen molar-refractivity contribution in [1.82, 2.24) is 9.55 Å². The topological polar surface area (TPSA) is 198 Å². The Labute approximate surface area is 185 Å². The lowest BCUT2D eigenvalue weighted by atomic mass is 10.1. The van der Waals surface area contributed by atoms with Crippen LogP contribution < -0.4 is 11.2 Å². The van der Waals surface area contributed by atoms with Gasteiger partial charge in [-0.2, -0.15) is 0 Å². The van der Waals surface area contributed by atoms with Gasteiger partial charge in [-0.25, -0.2) is 4.79 Å². The second kappa shape index (κ2) is 8.55. The molecule has 178 valence electrons. The number of aromatic amines is 1. The number of rotatable bonds is 5. The highest BCUT2D eigenvalue weighted by atomic mass is 31.2. The van der Waals surface area contributed by atoms with Crippen molar-refractivity contribution in [3.05, 3.63) is 74.3 Å². The molecular formula is C18H20N2O11P2. The third-order valence-electron chi connectivity index (χ3n) is 5.21. The van der Waals surface area contributed by atoms with E-state index in [-0.39, 0.29) is 24.2 Å². The molecule has 15 heteroatoms. The van der Waals surface area contributed by atoms with Gasteiger partial charge in [-0.3, -0.25) is 23.5 Å². The summed E-state index contributed by atoms with van der Waals surface area (Å²) in [5, 5.41) is 0. The Balaban J connectivity index is 1.64. The maximum atomic E-state index is 12.4. The molecule has 13 nitrogen and oxygen atoms in total. The maximum Gasteiger partial charge on any atom is 0.389 e. The number of nitrogens with one attached hydrogen (secondary N) is 1. The van der Waals surface area contributed by atoms with Crippen molar-refractivity contribution in [2.75, 3.05) is 6.61 Å². The molecule has 2 saturated heterocycles. The highest BCUT2D eigenvalue weighted by Gasteiger charge is 2.59. The zero-order valence-electron chi connectivity index (χ0n) is 16.8. The average molecular weight is 502 g/mol. The van der Waals surface area contributed by atoms with Crippen molar-refractivity contribution in [2.24, 2.45) is 0 Å². The Kier molecular flexibility index (Phi) is 6.21. The van der Waals surface area contributed by atoms with Crippen LogP contribution in [0.4, 0.5) is 0 Å². The van der Waals surface area contributed by atoms with E-state index in [0.717, 1.165) is 16.8 Å². The van der Waals surface area contributed by atoms with E-state index in [1.54, 1.807) is 18.2 Å². The van der Waals surface area contributed by atoms with E-state index in [9.17, 15) is 28.5 Å². The zero-order valence-corrected chi connectivity index (χ0v) is 18.5. The summed E-state index contributed by atoms with van der Waals surface area (Å²) in [6.45, 7) is -0.246. The average Bonchev–Trinajstić information content (AvgIpc) is 3.15. The van der Waals surface area contributed by atoms with Crippen LogP contribution in [0.2, 0.25) is 0 Å². The van der Waals surface area contributed by atoms with Crippen LogP contribution >= 0.6 is 15.2 Å². The summed E-state index contributed by atoms with van der Waals surface area (Å²) in [6.07, 6.45) is -0.708. The smallest absolute Gasteiger partial charge is 0.349 e. The molecule has 0 aliphatic carbocycles. The molecule has 0 amide bonds. The van der Waals surface area contributed by atoms with E-state index < -0.39 is 50.4 Å². The first-order valence-electron chi connectivity index (χ1n) is 9.58. The summed E-state index contributed by atoms with van der Waals surface area (Å²) in [5.41, 5.74) is -4.14. The second-order valence-electron chi connectivity index (χ2n) is 7.48. The van der Waals surface area contributed by atoms with Gasteiger partial charge in [0.1, 0.15) is 12.3 Å². The number of benzene rings is 1. The molecule has 2 fully saturated rings. The molecule has 0 saturated carbocycles. The molecule has 3 heterocycles. The number of ether oxygens (including phenoxy) is 3. The van der Waals surface area contributed by atoms with E-state index >= 15 is 0 Å². The first-order chi connectivity index (χ1) is 15.4. The molecule has 0 radical (unpaired) electrons. The Hall–Kier alpha value is -2.18. The summed E-state index contributed by atoms with van der Waals surface area (Å²) >= 11 is 0. The van der Waals surface area contributed by atoms with Crippen LogP contribution in [0.5, 0.6) is 0 Å². The third kappa shape index (κ3) is 4.73. The van der Waals surface area contributed by atoms with Crippen molar-refractivity contribution in [3.63, 3.8) is 0 Å². The highest BCUT2D eigenvalue weighted by molar-refractivity contribution is 7.55. The largest absolute Gasteiger partial charge is 0.389 e. The molecule has 2 aliphatic heterocycles.